The third-order valence-electron chi connectivity index (χ3n) is 4.48. The number of nitriles is 1. The third-order valence-corrected chi connectivity index (χ3v) is 4.78. The van der Waals surface area contributed by atoms with E-state index in [1.54, 1.807) is 47.0 Å². The van der Waals surface area contributed by atoms with E-state index in [0.29, 0.717) is 21.9 Å². The molecule has 4 aromatic rings. The van der Waals surface area contributed by atoms with Gasteiger partial charge in [0.15, 0.2) is 0 Å². The molecular formula is C18H16ClN9O. The molecule has 0 aliphatic rings. The van der Waals surface area contributed by atoms with Crippen molar-refractivity contribution in [2.45, 2.75) is 13.0 Å². The van der Waals surface area contributed by atoms with E-state index in [9.17, 15) is 10.1 Å². The van der Waals surface area contributed by atoms with Crippen molar-refractivity contribution in [3.8, 4) is 11.8 Å². The highest BCUT2D eigenvalue weighted by Gasteiger charge is 2.20. The number of anilines is 2. The molecule has 11 heteroatoms. The van der Waals surface area contributed by atoms with Gasteiger partial charge in [-0.25, -0.2) is 4.98 Å². The Balaban J connectivity index is 1.90. The maximum absolute atomic E-state index is 13.3. The number of halogens is 1. The predicted octanol–water partition coefficient (Wildman–Crippen LogP) is 1.89. The van der Waals surface area contributed by atoms with Gasteiger partial charge in [-0.3, -0.25) is 14.0 Å². The Hall–Kier alpha value is -3.84. The van der Waals surface area contributed by atoms with E-state index in [0.717, 1.165) is 0 Å². The van der Waals surface area contributed by atoms with E-state index in [-0.39, 0.29) is 22.9 Å². The van der Waals surface area contributed by atoms with Crippen LogP contribution in [-0.4, -0.2) is 28.7 Å². The average Bonchev–Trinajstić information content (AvgIpc) is 3.27. The second-order valence-electron chi connectivity index (χ2n) is 6.45. The van der Waals surface area contributed by atoms with Crippen LogP contribution in [0, 0.1) is 11.3 Å². The molecule has 1 atom stereocenters. The van der Waals surface area contributed by atoms with Gasteiger partial charge in [-0.05, 0) is 13.0 Å². The summed E-state index contributed by atoms with van der Waals surface area (Å²) in [5.74, 6) is 0.319. The Kier molecular flexibility index (Phi) is 4.44. The van der Waals surface area contributed by atoms with Crippen LogP contribution in [0.4, 0.5) is 11.8 Å². The first-order valence-corrected chi connectivity index (χ1v) is 8.97. The fourth-order valence-corrected chi connectivity index (χ4v) is 3.36. The summed E-state index contributed by atoms with van der Waals surface area (Å²) in [5, 5.41) is 17.0. The lowest BCUT2D eigenvalue weighted by Crippen LogP contribution is -2.27. The highest BCUT2D eigenvalue weighted by molar-refractivity contribution is 6.33. The zero-order valence-electron chi connectivity index (χ0n) is 15.5. The van der Waals surface area contributed by atoms with Gasteiger partial charge < -0.3 is 15.5 Å². The summed E-state index contributed by atoms with van der Waals surface area (Å²) in [6, 6.07) is 3.26. The topological polar surface area (TPSA) is 132 Å². The second-order valence-corrected chi connectivity index (χ2v) is 6.86. The zero-order chi connectivity index (χ0) is 20.7. The van der Waals surface area contributed by atoms with Crippen LogP contribution in [0.5, 0.6) is 0 Å². The van der Waals surface area contributed by atoms with Crippen molar-refractivity contribution in [1.82, 2.24) is 28.7 Å². The first kappa shape index (κ1) is 18.5. The third kappa shape index (κ3) is 3.17. The highest BCUT2D eigenvalue weighted by Crippen LogP contribution is 2.24. The van der Waals surface area contributed by atoms with Crippen LogP contribution in [0.2, 0.25) is 5.02 Å². The number of nitrogens with zero attached hydrogens (tertiary/aromatic N) is 7. The van der Waals surface area contributed by atoms with Gasteiger partial charge in [0.1, 0.15) is 23.0 Å². The van der Waals surface area contributed by atoms with Crippen molar-refractivity contribution in [3.05, 3.63) is 63.7 Å². The molecule has 0 bridgehead atoms. The second kappa shape index (κ2) is 6.96. The molecule has 29 heavy (non-hydrogen) atoms. The van der Waals surface area contributed by atoms with Crippen LogP contribution in [0.3, 0.4) is 0 Å². The molecule has 0 spiro atoms. The molecule has 0 aliphatic heterocycles. The molecule has 4 heterocycles. The summed E-state index contributed by atoms with van der Waals surface area (Å²) in [6.07, 6.45) is 8.18. The molecule has 0 saturated heterocycles. The first-order chi connectivity index (χ1) is 13.9. The minimum absolute atomic E-state index is 0.0380. The Bertz CT molecular complexity index is 1330. The van der Waals surface area contributed by atoms with Gasteiger partial charge in [0.25, 0.3) is 5.56 Å². The Labute approximate surface area is 169 Å². The number of hydrogen-bond donors (Lipinski definition) is 2. The number of nitrogens with one attached hydrogen (secondary N) is 1. The van der Waals surface area contributed by atoms with Crippen LogP contribution < -0.4 is 16.6 Å². The van der Waals surface area contributed by atoms with Crippen LogP contribution in [0.25, 0.3) is 11.2 Å². The van der Waals surface area contributed by atoms with Crippen LogP contribution in [0.1, 0.15) is 24.2 Å². The fraction of sp³-hybridized carbons (Fsp3) is 0.167. The summed E-state index contributed by atoms with van der Waals surface area (Å²) in [5.41, 5.74) is 7.18. The average molecular weight is 410 g/mol. The van der Waals surface area contributed by atoms with Crippen molar-refractivity contribution in [1.29, 1.82) is 5.26 Å². The van der Waals surface area contributed by atoms with E-state index < -0.39 is 6.04 Å². The number of nitrogen functional groups attached to an aromatic ring is 1. The SMILES string of the molecule is CC(Nc1nc(N)ncc1C#N)c1cn2ccc(Cl)c2c(=O)n1-c1cnn(C)c1. The van der Waals surface area contributed by atoms with Gasteiger partial charge >= 0.3 is 0 Å². The lowest BCUT2D eigenvalue weighted by molar-refractivity contribution is 0.748. The normalized spacial score (nSPS) is 12.1. The molecule has 3 N–H and O–H groups in total. The van der Waals surface area contributed by atoms with Crippen molar-refractivity contribution >= 4 is 28.9 Å². The summed E-state index contributed by atoms with van der Waals surface area (Å²) in [7, 11) is 1.77. The molecule has 146 valence electrons. The number of aryl methyl sites for hydroxylation is 1. The van der Waals surface area contributed by atoms with Gasteiger partial charge in [0, 0.05) is 25.6 Å². The smallest absolute Gasteiger partial charge is 0.281 e. The van der Waals surface area contributed by atoms with Crippen molar-refractivity contribution in [2.24, 2.45) is 7.05 Å². The van der Waals surface area contributed by atoms with Crippen molar-refractivity contribution in [2.75, 3.05) is 11.1 Å². The number of rotatable bonds is 4. The van der Waals surface area contributed by atoms with Gasteiger partial charge in [0.05, 0.1) is 34.8 Å². The number of hydrogen-bond acceptors (Lipinski definition) is 7. The number of nitrogens with two attached hydrogens (primary N) is 1. The summed E-state index contributed by atoms with van der Waals surface area (Å²) >= 11 is 6.22. The van der Waals surface area contributed by atoms with Crippen LogP contribution in [0.15, 0.2) is 41.8 Å². The van der Waals surface area contributed by atoms with Gasteiger partial charge in [-0.2, -0.15) is 15.3 Å². The minimum atomic E-state index is -0.421. The van der Waals surface area contributed by atoms with Crippen LogP contribution >= 0.6 is 11.6 Å². The van der Waals surface area contributed by atoms with E-state index in [1.165, 1.54) is 10.8 Å². The Morgan fingerprint density at radius 3 is 2.83 bits per heavy atom. The van der Waals surface area contributed by atoms with E-state index in [4.69, 9.17) is 17.3 Å². The summed E-state index contributed by atoms with van der Waals surface area (Å²) in [4.78, 5) is 21.2. The molecule has 0 aliphatic carbocycles. The molecule has 0 fully saturated rings. The Morgan fingerprint density at radius 2 is 2.14 bits per heavy atom. The van der Waals surface area contributed by atoms with Gasteiger partial charge in [-0.1, -0.05) is 11.6 Å². The molecule has 1 unspecified atom stereocenters. The van der Waals surface area contributed by atoms with Crippen molar-refractivity contribution in [3.63, 3.8) is 0 Å². The van der Waals surface area contributed by atoms with Gasteiger partial charge in [-0.15, -0.1) is 0 Å². The molecule has 0 radical (unpaired) electrons. The van der Waals surface area contributed by atoms with Gasteiger partial charge in [0.2, 0.25) is 5.95 Å². The maximum Gasteiger partial charge on any atom is 0.281 e. The predicted molar refractivity (Wildman–Crippen MR) is 108 cm³/mol. The summed E-state index contributed by atoms with van der Waals surface area (Å²) < 4.78 is 4.81. The fourth-order valence-electron chi connectivity index (χ4n) is 3.13. The minimum Gasteiger partial charge on any atom is -0.368 e. The summed E-state index contributed by atoms with van der Waals surface area (Å²) in [6.45, 7) is 1.85. The standard InChI is InChI=1S/C18H16ClN9O/c1-10(24-16-11(5-20)6-22-18(21)25-16)14-9-27-4-3-13(19)15(27)17(29)28(14)12-7-23-26(2)8-12/h3-4,6-10H,1-2H3,(H3,21,22,24,25). The monoisotopic (exact) mass is 409 g/mol. The van der Waals surface area contributed by atoms with Crippen LogP contribution in [-0.2, 0) is 7.05 Å². The van der Waals surface area contributed by atoms with E-state index in [1.807, 2.05) is 13.0 Å². The van der Waals surface area contributed by atoms with Crippen molar-refractivity contribution < 1.29 is 0 Å². The zero-order valence-corrected chi connectivity index (χ0v) is 16.3. The largest absolute Gasteiger partial charge is 0.368 e. The quantitative estimate of drug-likeness (QED) is 0.526. The lowest BCUT2D eigenvalue weighted by Gasteiger charge is -2.20. The Morgan fingerprint density at radius 1 is 1.34 bits per heavy atom. The molecular weight excluding hydrogens is 394 g/mol. The molecule has 4 aromatic heterocycles. The number of aromatic nitrogens is 6. The van der Waals surface area contributed by atoms with E-state index >= 15 is 0 Å². The molecule has 0 aromatic carbocycles. The highest BCUT2D eigenvalue weighted by atomic mass is 35.5. The lowest BCUT2D eigenvalue weighted by atomic mass is 10.2. The molecule has 0 amide bonds. The maximum atomic E-state index is 13.3. The molecule has 10 nitrogen and oxygen atoms in total. The van der Waals surface area contributed by atoms with E-state index in [2.05, 4.69) is 20.4 Å². The molecule has 4 rings (SSSR count). The number of fused-ring (bicyclic) bond motifs is 1. The first-order valence-electron chi connectivity index (χ1n) is 8.59. The molecule has 0 saturated carbocycles.